The molecule has 9 heavy (non-hydrogen) atoms. The summed E-state index contributed by atoms with van der Waals surface area (Å²) in [6.45, 7) is 11.3. The molecule has 0 aromatic carbocycles. The summed E-state index contributed by atoms with van der Waals surface area (Å²) in [5.74, 6) is 0.792. The second kappa shape index (κ2) is 4.01. The van der Waals surface area contributed by atoms with Crippen molar-refractivity contribution in [3.05, 3.63) is 25.2 Å². The number of rotatable bonds is 4. The van der Waals surface area contributed by atoms with Crippen LogP contribution in [-0.4, -0.2) is 6.04 Å². The van der Waals surface area contributed by atoms with E-state index in [1.807, 2.05) is 0 Å². The quantitative estimate of drug-likeness (QED) is 0.591. The summed E-state index contributed by atoms with van der Waals surface area (Å²) in [4.78, 5) is 0. The second-order valence-corrected chi connectivity index (χ2v) is 2.13. The van der Waals surface area contributed by atoms with Crippen LogP contribution in [-0.2, 0) is 0 Å². The van der Waals surface area contributed by atoms with Gasteiger partial charge in [0.2, 0.25) is 0 Å². The zero-order valence-electron chi connectivity index (χ0n) is 6.07. The maximum absolute atomic E-state index is 3.69. The summed E-state index contributed by atoms with van der Waals surface area (Å²) < 4.78 is 0. The number of hydrogen-bond donors (Lipinski definition) is 2. The van der Waals surface area contributed by atoms with Crippen molar-refractivity contribution in [3.63, 3.8) is 0 Å². The van der Waals surface area contributed by atoms with E-state index < -0.39 is 0 Å². The minimum absolute atomic E-state index is 0.421. The SMILES string of the molecule is C=CNC(=C)NC(C)C. The first kappa shape index (κ1) is 8.08. The van der Waals surface area contributed by atoms with Crippen molar-refractivity contribution in [2.75, 3.05) is 0 Å². The second-order valence-electron chi connectivity index (χ2n) is 2.13. The lowest BCUT2D eigenvalue weighted by molar-refractivity contribution is 0.643. The van der Waals surface area contributed by atoms with E-state index in [4.69, 9.17) is 0 Å². The summed E-state index contributed by atoms with van der Waals surface area (Å²) >= 11 is 0. The highest BCUT2D eigenvalue weighted by atomic mass is 15.1. The van der Waals surface area contributed by atoms with Gasteiger partial charge in [0.15, 0.2) is 0 Å². The Morgan fingerprint density at radius 3 is 2.44 bits per heavy atom. The monoisotopic (exact) mass is 126 g/mol. The van der Waals surface area contributed by atoms with Gasteiger partial charge in [0.25, 0.3) is 0 Å². The van der Waals surface area contributed by atoms with E-state index in [0.717, 1.165) is 5.82 Å². The van der Waals surface area contributed by atoms with Gasteiger partial charge in [-0.2, -0.15) is 0 Å². The largest absolute Gasteiger partial charge is 0.370 e. The van der Waals surface area contributed by atoms with Crippen LogP contribution >= 0.6 is 0 Å². The average molecular weight is 126 g/mol. The van der Waals surface area contributed by atoms with Crippen LogP contribution in [0.4, 0.5) is 0 Å². The molecule has 0 spiro atoms. The van der Waals surface area contributed by atoms with Crippen molar-refractivity contribution in [2.45, 2.75) is 19.9 Å². The van der Waals surface area contributed by atoms with Gasteiger partial charge in [-0.05, 0) is 20.0 Å². The van der Waals surface area contributed by atoms with Gasteiger partial charge in [0.1, 0.15) is 0 Å². The Morgan fingerprint density at radius 2 is 2.11 bits per heavy atom. The van der Waals surface area contributed by atoms with E-state index in [1.54, 1.807) is 6.20 Å². The van der Waals surface area contributed by atoms with Crippen LogP contribution in [0.5, 0.6) is 0 Å². The molecule has 0 fully saturated rings. The maximum Gasteiger partial charge on any atom is 0.0954 e. The standard InChI is InChI=1S/C7H14N2/c1-5-8-7(4)9-6(2)3/h5-6,8-9H,1,4H2,2-3H3. The van der Waals surface area contributed by atoms with Crippen LogP contribution < -0.4 is 10.6 Å². The van der Waals surface area contributed by atoms with Gasteiger partial charge in [-0.25, -0.2) is 0 Å². The molecule has 0 radical (unpaired) electrons. The zero-order valence-corrected chi connectivity index (χ0v) is 6.07. The molecule has 0 aliphatic carbocycles. The molecule has 0 aliphatic rings. The van der Waals surface area contributed by atoms with Crippen LogP contribution in [0.3, 0.4) is 0 Å². The highest BCUT2D eigenvalue weighted by Crippen LogP contribution is 1.81. The summed E-state index contributed by atoms with van der Waals surface area (Å²) in [7, 11) is 0. The van der Waals surface area contributed by atoms with Crippen LogP contribution in [0.25, 0.3) is 0 Å². The first-order chi connectivity index (χ1) is 4.16. The smallest absolute Gasteiger partial charge is 0.0954 e. The molecule has 0 saturated heterocycles. The molecular weight excluding hydrogens is 112 g/mol. The first-order valence-electron chi connectivity index (χ1n) is 2.99. The molecule has 52 valence electrons. The molecule has 0 unspecified atom stereocenters. The lowest BCUT2D eigenvalue weighted by atomic mass is 10.4. The summed E-state index contributed by atoms with van der Waals surface area (Å²) in [5.41, 5.74) is 0. The summed E-state index contributed by atoms with van der Waals surface area (Å²) in [6, 6.07) is 0.421. The third-order valence-electron chi connectivity index (χ3n) is 0.739. The molecule has 0 rings (SSSR count). The maximum atomic E-state index is 3.69. The molecule has 0 bridgehead atoms. The lowest BCUT2D eigenvalue weighted by Crippen LogP contribution is -2.27. The lowest BCUT2D eigenvalue weighted by Gasteiger charge is -2.11. The molecule has 2 nitrogen and oxygen atoms in total. The molecule has 2 heteroatoms. The Balaban J connectivity index is 3.38. The van der Waals surface area contributed by atoms with Crippen molar-refractivity contribution in [3.8, 4) is 0 Å². The fraction of sp³-hybridized carbons (Fsp3) is 0.429. The molecule has 0 saturated carbocycles. The van der Waals surface area contributed by atoms with Gasteiger partial charge in [0.05, 0.1) is 5.82 Å². The Bertz CT molecular complexity index is 105. The highest BCUT2D eigenvalue weighted by molar-refractivity contribution is 4.92. The van der Waals surface area contributed by atoms with Crippen LogP contribution in [0.2, 0.25) is 0 Å². The van der Waals surface area contributed by atoms with Gasteiger partial charge in [0, 0.05) is 6.04 Å². The molecule has 0 aromatic heterocycles. The van der Waals surface area contributed by atoms with Crippen molar-refractivity contribution in [1.29, 1.82) is 0 Å². The zero-order chi connectivity index (χ0) is 7.28. The van der Waals surface area contributed by atoms with E-state index in [2.05, 4.69) is 37.6 Å². The Labute approximate surface area is 56.6 Å². The fourth-order valence-electron chi connectivity index (χ4n) is 0.513. The number of nitrogens with one attached hydrogen (secondary N) is 2. The van der Waals surface area contributed by atoms with E-state index in [1.165, 1.54) is 0 Å². The van der Waals surface area contributed by atoms with E-state index in [9.17, 15) is 0 Å². The third-order valence-corrected chi connectivity index (χ3v) is 0.739. The minimum atomic E-state index is 0.421. The van der Waals surface area contributed by atoms with E-state index in [-0.39, 0.29) is 0 Å². The molecule has 0 aromatic rings. The van der Waals surface area contributed by atoms with Crippen molar-refractivity contribution in [2.24, 2.45) is 0 Å². The molecular formula is C7H14N2. The van der Waals surface area contributed by atoms with Crippen molar-refractivity contribution in [1.82, 2.24) is 10.6 Å². The topological polar surface area (TPSA) is 24.1 Å². The van der Waals surface area contributed by atoms with Crippen molar-refractivity contribution < 1.29 is 0 Å². The van der Waals surface area contributed by atoms with Crippen LogP contribution in [0.15, 0.2) is 25.2 Å². The van der Waals surface area contributed by atoms with Crippen LogP contribution in [0, 0.1) is 0 Å². The average Bonchev–Trinajstić information content (AvgIpc) is 1.63. The van der Waals surface area contributed by atoms with Crippen LogP contribution in [0.1, 0.15) is 13.8 Å². The Kier molecular flexibility index (Phi) is 3.60. The normalized spacial score (nSPS) is 8.78. The summed E-state index contributed by atoms with van der Waals surface area (Å²) in [6.07, 6.45) is 1.59. The van der Waals surface area contributed by atoms with E-state index >= 15 is 0 Å². The van der Waals surface area contributed by atoms with Gasteiger partial charge in [-0.1, -0.05) is 13.2 Å². The molecule has 2 N–H and O–H groups in total. The Morgan fingerprint density at radius 1 is 1.56 bits per heavy atom. The third kappa shape index (κ3) is 4.94. The summed E-state index contributed by atoms with van der Waals surface area (Å²) in [5, 5.41) is 5.90. The Hall–Kier alpha value is -0.920. The van der Waals surface area contributed by atoms with Gasteiger partial charge < -0.3 is 10.6 Å². The van der Waals surface area contributed by atoms with Crippen molar-refractivity contribution >= 4 is 0 Å². The first-order valence-corrected chi connectivity index (χ1v) is 2.99. The predicted octanol–water partition coefficient (Wildman–Crippen LogP) is 1.19. The van der Waals surface area contributed by atoms with Gasteiger partial charge in [-0.3, -0.25) is 0 Å². The predicted molar refractivity (Wildman–Crippen MR) is 40.7 cm³/mol. The van der Waals surface area contributed by atoms with E-state index in [0.29, 0.717) is 6.04 Å². The number of hydrogen-bond acceptors (Lipinski definition) is 2. The molecule has 0 aliphatic heterocycles. The molecule has 0 amide bonds. The van der Waals surface area contributed by atoms with Gasteiger partial charge in [-0.15, -0.1) is 0 Å². The molecule has 0 heterocycles. The highest BCUT2D eigenvalue weighted by Gasteiger charge is 1.90. The minimum Gasteiger partial charge on any atom is -0.370 e. The van der Waals surface area contributed by atoms with Gasteiger partial charge >= 0.3 is 0 Å². The fourth-order valence-corrected chi connectivity index (χ4v) is 0.513. The molecule has 0 atom stereocenters.